The van der Waals surface area contributed by atoms with E-state index in [2.05, 4.69) is 52.0 Å². The molecule has 0 amide bonds. The maximum Gasteiger partial charge on any atom is 0.139 e. The van der Waals surface area contributed by atoms with Gasteiger partial charge in [0.1, 0.15) is 11.6 Å². The highest BCUT2D eigenvalue weighted by molar-refractivity contribution is 5.87. The number of rotatable bonds is 0. The Hall–Kier alpha value is -1.18. The summed E-state index contributed by atoms with van der Waals surface area (Å²) >= 11 is 0. The summed E-state index contributed by atoms with van der Waals surface area (Å²) < 4.78 is 0. The van der Waals surface area contributed by atoms with Gasteiger partial charge in [0, 0.05) is 23.7 Å². The first kappa shape index (κ1) is 25.3. The van der Waals surface area contributed by atoms with Crippen LogP contribution in [0.3, 0.4) is 0 Å². The monoisotopic (exact) mass is 540 g/mol. The van der Waals surface area contributed by atoms with Gasteiger partial charge in [0.05, 0.1) is 0 Å². The van der Waals surface area contributed by atoms with Crippen LogP contribution in [0, 0.1) is 79.8 Å². The molecule has 0 radical (unpaired) electrons. The minimum absolute atomic E-state index is 0.0218. The number of Topliss-reactive ketones (excluding diaryl/α,β-unsaturated/α-hetero) is 2. The van der Waals surface area contributed by atoms with Crippen LogP contribution < -0.4 is 0 Å². The van der Waals surface area contributed by atoms with Crippen LogP contribution in [-0.4, -0.2) is 11.6 Å². The Balaban J connectivity index is 0.000000115. The van der Waals surface area contributed by atoms with E-state index in [-0.39, 0.29) is 10.8 Å². The van der Waals surface area contributed by atoms with Crippen molar-refractivity contribution >= 4 is 11.6 Å². The molecular weight excluding hydrogens is 488 g/mol. The van der Waals surface area contributed by atoms with Crippen molar-refractivity contribution in [2.24, 2.45) is 79.8 Å². The number of fused-ring (bicyclic) bond motifs is 8. The van der Waals surface area contributed by atoms with Gasteiger partial charge < -0.3 is 0 Å². The second-order valence-electron chi connectivity index (χ2n) is 17.9. The zero-order valence-electron chi connectivity index (χ0n) is 25.6. The molecule has 216 valence electrons. The second-order valence-corrected chi connectivity index (χ2v) is 17.9. The summed E-state index contributed by atoms with van der Waals surface area (Å²) in [6.07, 6.45) is 28.1. The standard InChI is InChI=1S/2C19H26O/c2*1-17-8-7-15-13(14(17)3-4-16(17)20)6-10-19-11-12(19)5-9-18(15,19)2/h2*6,10,12-15H,3-5,7-9,11H2,1-2H3/t2*12-,13+,14+,15+,17+,18-,19+/m11/s1. The molecule has 8 saturated carbocycles. The number of hydrogen-bond donors (Lipinski definition) is 0. The topological polar surface area (TPSA) is 34.1 Å². The van der Waals surface area contributed by atoms with Gasteiger partial charge in [-0.2, -0.15) is 0 Å². The van der Waals surface area contributed by atoms with Crippen LogP contribution in [0.2, 0.25) is 0 Å². The summed E-state index contributed by atoms with van der Waals surface area (Å²) in [4.78, 5) is 24.7. The first-order chi connectivity index (χ1) is 19.0. The molecule has 0 N–H and O–H groups in total. The highest BCUT2D eigenvalue weighted by atomic mass is 16.1. The molecule has 2 nitrogen and oxygen atoms in total. The van der Waals surface area contributed by atoms with Crippen LogP contribution in [-0.2, 0) is 9.59 Å². The molecule has 2 heteroatoms. The molecular formula is C38H52O2. The number of carbonyl (C=O) groups excluding carboxylic acids is 2. The van der Waals surface area contributed by atoms with E-state index in [0.717, 1.165) is 49.4 Å². The lowest BCUT2D eigenvalue weighted by Crippen LogP contribution is -2.50. The van der Waals surface area contributed by atoms with Gasteiger partial charge in [-0.3, -0.25) is 9.59 Å². The summed E-state index contributed by atoms with van der Waals surface area (Å²) in [7, 11) is 0. The number of carbonyl (C=O) groups is 2. The fourth-order valence-electron chi connectivity index (χ4n) is 14.6. The summed E-state index contributed by atoms with van der Waals surface area (Å²) in [6, 6.07) is 0. The van der Waals surface area contributed by atoms with Gasteiger partial charge in [0.25, 0.3) is 0 Å². The van der Waals surface area contributed by atoms with Crippen LogP contribution in [0.1, 0.15) is 118 Å². The van der Waals surface area contributed by atoms with Crippen molar-refractivity contribution in [3.63, 3.8) is 0 Å². The zero-order chi connectivity index (χ0) is 27.5. The zero-order valence-corrected chi connectivity index (χ0v) is 25.6. The molecule has 40 heavy (non-hydrogen) atoms. The quantitative estimate of drug-likeness (QED) is 0.288. The third-order valence-electron chi connectivity index (χ3n) is 17.4. The fraction of sp³-hybridized carbons (Fsp3) is 0.842. The Morgan fingerprint density at radius 1 is 0.550 bits per heavy atom. The van der Waals surface area contributed by atoms with Crippen LogP contribution >= 0.6 is 0 Å². The molecule has 0 saturated heterocycles. The predicted molar refractivity (Wildman–Crippen MR) is 158 cm³/mol. The minimum Gasteiger partial charge on any atom is -0.299 e. The number of hydrogen-bond acceptors (Lipinski definition) is 2. The van der Waals surface area contributed by atoms with Crippen LogP contribution in [0.25, 0.3) is 0 Å². The largest absolute Gasteiger partial charge is 0.299 e. The van der Waals surface area contributed by atoms with E-state index in [1.165, 1.54) is 64.2 Å². The van der Waals surface area contributed by atoms with E-state index in [1.807, 2.05) is 0 Å². The van der Waals surface area contributed by atoms with E-state index in [0.29, 0.717) is 56.9 Å². The Bertz CT molecular complexity index is 1160. The molecule has 2 spiro atoms. The smallest absolute Gasteiger partial charge is 0.139 e. The summed E-state index contributed by atoms with van der Waals surface area (Å²) in [5, 5.41) is 0. The summed E-state index contributed by atoms with van der Waals surface area (Å²) in [6.45, 7) is 9.75. The average molecular weight is 541 g/mol. The SMILES string of the molecule is C[C@]12CC[C@H]3[C@@H](C=C[C@]45C[C@H]4CC[C@]35C)[C@@H]1CCC2=O.C[C@]12CC[C@H]3[C@@H](C=C[C@]45C[C@H]4CC[C@]35C)[C@@H]1CCC2=O. The number of allylic oxidation sites excluding steroid dienone is 4. The van der Waals surface area contributed by atoms with Gasteiger partial charge in [-0.1, -0.05) is 52.0 Å². The number of ketones is 2. The second kappa shape index (κ2) is 7.48. The first-order valence-corrected chi connectivity index (χ1v) is 17.5. The third kappa shape index (κ3) is 2.68. The molecule has 10 aliphatic carbocycles. The summed E-state index contributed by atoms with van der Waals surface area (Å²) in [5.74, 6) is 7.57. The lowest BCUT2D eigenvalue weighted by molar-refractivity contribution is -0.132. The molecule has 0 unspecified atom stereocenters. The molecule has 10 aliphatic rings. The van der Waals surface area contributed by atoms with Crippen LogP contribution in [0.5, 0.6) is 0 Å². The average Bonchev–Trinajstić information content (AvgIpc) is 3.68. The molecule has 10 rings (SSSR count). The van der Waals surface area contributed by atoms with Gasteiger partial charge in [-0.15, -0.1) is 0 Å². The van der Waals surface area contributed by atoms with Crippen LogP contribution in [0.4, 0.5) is 0 Å². The van der Waals surface area contributed by atoms with Crippen molar-refractivity contribution in [1.29, 1.82) is 0 Å². The van der Waals surface area contributed by atoms with Gasteiger partial charge in [-0.25, -0.2) is 0 Å². The van der Waals surface area contributed by atoms with E-state index in [1.54, 1.807) is 0 Å². The molecule has 0 aromatic carbocycles. The Morgan fingerprint density at radius 2 is 0.975 bits per heavy atom. The summed E-state index contributed by atoms with van der Waals surface area (Å²) in [5.41, 5.74) is 2.34. The van der Waals surface area contributed by atoms with Crippen molar-refractivity contribution in [1.82, 2.24) is 0 Å². The van der Waals surface area contributed by atoms with Gasteiger partial charge in [0.15, 0.2) is 0 Å². The minimum atomic E-state index is 0.0218. The predicted octanol–water partition coefficient (Wildman–Crippen LogP) is 8.75. The molecule has 0 aromatic rings. The Kier molecular flexibility index (Phi) is 4.73. The van der Waals surface area contributed by atoms with Crippen molar-refractivity contribution in [2.45, 2.75) is 118 Å². The van der Waals surface area contributed by atoms with Crippen molar-refractivity contribution < 1.29 is 9.59 Å². The Morgan fingerprint density at radius 3 is 1.38 bits per heavy atom. The highest BCUT2D eigenvalue weighted by Crippen LogP contribution is 2.80. The van der Waals surface area contributed by atoms with Gasteiger partial charge in [-0.05, 0) is 146 Å². The lowest BCUT2D eigenvalue weighted by atomic mass is 9.49. The van der Waals surface area contributed by atoms with Gasteiger partial charge >= 0.3 is 0 Å². The van der Waals surface area contributed by atoms with Crippen LogP contribution in [0.15, 0.2) is 24.3 Å². The molecule has 8 fully saturated rings. The molecule has 14 atom stereocenters. The fourth-order valence-corrected chi connectivity index (χ4v) is 14.6. The van der Waals surface area contributed by atoms with E-state index >= 15 is 0 Å². The maximum atomic E-state index is 12.4. The Labute approximate surface area is 242 Å². The molecule has 0 heterocycles. The lowest BCUT2D eigenvalue weighted by Gasteiger charge is -2.55. The van der Waals surface area contributed by atoms with E-state index < -0.39 is 0 Å². The van der Waals surface area contributed by atoms with Crippen molar-refractivity contribution in [3.05, 3.63) is 24.3 Å². The van der Waals surface area contributed by atoms with E-state index in [9.17, 15) is 9.59 Å². The third-order valence-corrected chi connectivity index (χ3v) is 17.4. The maximum absolute atomic E-state index is 12.4. The van der Waals surface area contributed by atoms with Crippen molar-refractivity contribution in [2.75, 3.05) is 0 Å². The van der Waals surface area contributed by atoms with Crippen molar-refractivity contribution in [3.8, 4) is 0 Å². The molecule has 0 aliphatic heterocycles. The normalized spacial score (nSPS) is 62.6. The molecule has 0 bridgehead atoms. The highest BCUT2D eigenvalue weighted by Gasteiger charge is 2.73. The van der Waals surface area contributed by atoms with Gasteiger partial charge in [0.2, 0.25) is 0 Å². The van der Waals surface area contributed by atoms with E-state index in [4.69, 9.17) is 0 Å². The first-order valence-electron chi connectivity index (χ1n) is 17.5. The molecule has 0 aromatic heterocycles.